The lowest BCUT2D eigenvalue weighted by Crippen LogP contribution is -2.47. The molecule has 3 rings (SSSR count). The molecule has 1 aromatic carbocycles. The summed E-state index contributed by atoms with van der Waals surface area (Å²) < 4.78 is 0. The van der Waals surface area contributed by atoms with E-state index in [2.05, 4.69) is 23.3 Å². The van der Waals surface area contributed by atoms with Crippen LogP contribution >= 0.6 is 12.6 Å². The average Bonchev–Trinajstić information content (AvgIpc) is 2.70. The minimum atomic E-state index is -1.08. The van der Waals surface area contributed by atoms with Gasteiger partial charge in [0.05, 0.1) is 0 Å². The van der Waals surface area contributed by atoms with Crippen molar-refractivity contribution in [1.29, 1.82) is 0 Å². The van der Waals surface area contributed by atoms with Crippen LogP contribution in [0.1, 0.15) is 38.5 Å². The third-order valence-corrected chi connectivity index (χ3v) is 6.42. The highest BCUT2D eigenvalue weighted by Gasteiger charge is 2.31. The van der Waals surface area contributed by atoms with E-state index in [1.807, 2.05) is 4.90 Å². The maximum atomic E-state index is 12.1. The fourth-order valence-electron chi connectivity index (χ4n) is 4.26. The summed E-state index contributed by atoms with van der Waals surface area (Å²) in [6.45, 7) is 3.75. The number of nitrogens with zero attached hydrogens (tertiary/aromatic N) is 1. The molecule has 0 saturated carbocycles. The third kappa shape index (κ3) is 4.66. The molecule has 2 aliphatic heterocycles. The van der Waals surface area contributed by atoms with Crippen molar-refractivity contribution in [3.05, 3.63) is 20.4 Å². The summed E-state index contributed by atoms with van der Waals surface area (Å²) in [5.41, 5.74) is -0.612. The van der Waals surface area contributed by atoms with E-state index in [0.29, 0.717) is 11.6 Å². The molecule has 0 aliphatic carbocycles. The standard InChI is InChI=1S/C19H29N3O4S/c23-17-15(21-14(11-27)19(25)26)16(18(17)24)22-9-5-13(6-10-22)2-1-12-3-7-20-8-4-12/h12-14,20-21,27H,1-11H2,(H,25,26)/t14-/m0/s1. The summed E-state index contributed by atoms with van der Waals surface area (Å²) >= 11 is 4.00. The molecule has 0 spiro atoms. The molecule has 150 valence electrons. The Labute approximate surface area is 164 Å². The van der Waals surface area contributed by atoms with Crippen LogP contribution < -0.4 is 26.4 Å². The van der Waals surface area contributed by atoms with Crippen molar-refractivity contribution < 1.29 is 9.90 Å². The highest BCUT2D eigenvalue weighted by atomic mass is 32.1. The van der Waals surface area contributed by atoms with Crippen molar-refractivity contribution in [3.8, 4) is 0 Å². The maximum Gasteiger partial charge on any atom is 0.326 e. The van der Waals surface area contributed by atoms with Gasteiger partial charge >= 0.3 is 5.97 Å². The Morgan fingerprint density at radius 2 is 1.70 bits per heavy atom. The van der Waals surface area contributed by atoms with Crippen LogP contribution in [0.25, 0.3) is 0 Å². The van der Waals surface area contributed by atoms with Crippen LogP contribution in [-0.4, -0.2) is 49.0 Å². The van der Waals surface area contributed by atoms with E-state index in [1.54, 1.807) is 0 Å². The van der Waals surface area contributed by atoms with Gasteiger partial charge < -0.3 is 20.6 Å². The molecule has 0 radical (unpaired) electrons. The van der Waals surface area contributed by atoms with Crippen LogP contribution in [0, 0.1) is 11.8 Å². The summed E-state index contributed by atoms with van der Waals surface area (Å²) in [5, 5.41) is 15.2. The van der Waals surface area contributed by atoms with Crippen molar-refractivity contribution in [3.63, 3.8) is 0 Å². The second-order valence-electron chi connectivity index (χ2n) is 7.80. The van der Waals surface area contributed by atoms with Gasteiger partial charge in [-0.15, -0.1) is 0 Å². The number of aliphatic carboxylic acids is 1. The SMILES string of the molecule is O=C(O)[C@H](CS)Nc1c(N2CCC(CCC3CCNCC3)CC2)c(=O)c1=O. The topological polar surface area (TPSA) is 98.7 Å². The van der Waals surface area contributed by atoms with E-state index in [1.165, 1.54) is 25.7 Å². The molecule has 2 fully saturated rings. The number of anilines is 2. The molecule has 2 saturated heterocycles. The number of nitrogens with one attached hydrogen (secondary N) is 2. The summed E-state index contributed by atoms with van der Waals surface area (Å²) in [7, 11) is 0. The molecule has 1 atom stereocenters. The molecule has 7 nitrogen and oxygen atoms in total. The van der Waals surface area contributed by atoms with E-state index in [-0.39, 0.29) is 11.4 Å². The van der Waals surface area contributed by atoms with Crippen LogP contribution in [0.5, 0.6) is 0 Å². The second kappa shape index (κ2) is 9.10. The maximum absolute atomic E-state index is 12.1. The van der Waals surface area contributed by atoms with Crippen molar-refractivity contribution in [2.24, 2.45) is 11.8 Å². The Morgan fingerprint density at radius 3 is 2.26 bits per heavy atom. The molecule has 2 aliphatic rings. The van der Waals surface area contributed by atoms with Gasteiger partial charge in [0.15, 0.2) is 0 Å². The molecule has 0 unspecified atom stereocenters. The Morgan fingerprint density at radius 1 is 1.11 bits per heavy atom. The molecule has 1 aromatic rings. The van der Waals surface area contributed by atoms with Crippen molar-refractivity contribution in [1.82, 2.24) is 5.32 Å². The summed E-state index contributed by atoms with van der Waals surface area (Å²) in [6, 6.07) is -0.974. The van der Waals surface area contributed by atoms with Crippen LogP contribution in [0.4, 0.5) is 11.4 Å². The van der Waals surface area contributed by atoms with E-state index in [9.17, 15) is 14.4 Å². The Hall–Kier alpha value is -1.54. The van der Waals surface area contributed by atoms with Crippen molar-refractivity contribution in [2.45, 2.75) is 44.6 Å². The lowest BCUT2D eigenvalue weighted by atomic mass is 9.85. The first-order chi connectivity index (χ1) is 13.0. The van der Waals surface area contributed by atoms with E-state index in [4.69, 9.17) is 5.11 Å². The van der Waals surface area contributed by atoms with Crippen LogP contribution in [0.2, 0.25) is 0 Å². The zero-order chi connectivity index (χ0) is 19.4. The lowest BCUT2D eigenvalue weighted by Gasteiger charge is -2.36. The van der Waals surface area contributed by atoms with Crippen LogP contribution in [-0.2, 0) is 4.79 Å². The van der Waals surface area contributed by atoms with Crippen molar-refractivity contribution in [2.75, 3.05) is 42.1 Å². The van der Waals surface area contributed by atoms with Crippen LogP contribution in [0.3, 0.4) is 0 Å². The minimum Gasteiger partial charge on any atom is -0.480 e. The normalized spacial score (nSPS) is 20.7. The number of carboxylic acid groups (broad SMARTS) is 1. The Balaban J connectivity index is 1.53. The molecule has 3 N–H and O–H groups in total. The van der Waals surface area contributed by atoms with E-state index in [0.717, 1.165) is 44.9 Å². The molecule has 0 aromatic heterocycles. The first kappa shape index (κ1) is 20.2. The first-order valence-electron chi connectivity index (χ1n) is 9.90. The summed E-state index contributed by atoms with van der Waals surface area (Å²) in [5.74, 6) is 0.471. The molecule has 0 amide bonds. The van der Waals surface area contributed by atoms with E-state index < -0.39 is 22.9 Å². The minimum absolute atomic E-state index is 0.0480. The predicted molar refractivity (Wildman–Crippen MR) is 110 cm³/mol. The van der Waals surface area contributed by atoms with Gasteiger partial charge in [-0.05, 0) is 50.6 Å². The molecular formula is C19H29N3O4S. The van der Waals surface area contributed by atoms with Crippen molar-refractivity contribution >= 4 is 30.0 Å². The van der Waals surface area contributed by atoms with Gasteiger partial charge in [0.2, 0.25) is 0 Å². The fourth-order valence-corrected chi connectivity index (χ4v) is 4.51. The van der Waals surface area contributed by atoms with Crippen LogP contribution in [0.15, 0.2) is 9.59 Å². The summed E-state index contributed by atoms with van der Waals surface area (Å²) in [6.07, 6.45) is 7.08. The van der Waals surface area contributed by atoms with Gasteiger partial charge in [-0.2, -0.15) is 12.6 Å². The number of hydrogen-bond acceptors (Lipinski definition) is 7. The molecule has 27 heavy (non-hydrogen) atoms. The quantitative estimate of drug-likeness (QED) is 0.386. The van der Waals surface area contributed by atoms with Gasteiger partial charge in [0.25, 0.3) is 10.9 Å². The Kier molecular flexibility index (Phi) is 6.81. The zero-order valence-electron chi connectivity index (χ0n) is 15.6. The molecule has 0 bridgehead atoms. The second-order valence-corrected chi connectivity index (χ2v) is 8.17. The highest BCUT2D eigenvalue weighted by Crippen LogP contribution is 2.30. The first-order valence-corrected chi connectivity index (χ1v) is 10.5. The predicted octanol–water partition coefficient (Wildman–Crippen LogP) is 1.07. The number of carboxylic acids is 1. The Bertz CT molecular complexity index is 717. The van der Waals surface area contributed by atoms with Gasteiger partial charge in [-0.1, -0.05) is 12.8 Å². The molecular weight excluding hydrogens is 366 g/mol. The third-order valence-electron chi connectivity index (χ3n) is 6.06. The number of carbonyl (C=O) groups is 1. The molecule has 8 heteroatoms. The van der Waals surface area contributed by atoms with Gasteiger partial charge in [-0.25, -0.2) is 4.79 Å². The monoisotopic (exact) mass is 395 g/mol. The van der Waals surface area contributed by atoms with Gasteiger partial charge in [0, 0.05) is 18.8 Å². The smallest absolute Gasteiger partial charge is 0.326 e. The number of rotatable bonds is 8. The van der Waals surface area contributed by atoms with Gasteiger partial charge in [-0.3, -0.25) is 9.59 Å². The average molecular weight is 396 g/mol. The fraction of sp³-hybridized carbons (Fsp3) is 0.737. The lowest BCUT2D eigenvalue weighted by molar-refractivity contribution is -0.137. The molecule has 2 heterocycles. The largest absolute Gasteiger partial charge is 0.480 e. The number of piperidine rings is 2. The number of hydrogen-bond donors (Lipinski definition) is 4. The highest BCUT2D eigenvalue weighted by molar-refractivity contribution is 7.80. The zero-order valence-corrected chi connectivity index (χ0v) is 16.5. The van der Waals surface area contributed by atoms with Gasteiger partial charge in [0.1, 0.15) is 17.4 Å². The summed E-state index contributed by atoms with van der Waals surface area (Å²) in [4.78, 5) is 37.1. The number of thiol groups is 1. The van der Waals surface area contributed by atoms with E-state index >= 15 is 0 Å².